The molecule has 0 radical (unpaired) electrons. The molecule has 1 aromatic heterocycles. The summed E-state index contributed by atoms with van der Waals surface area (Å²) in [7, 11) is 0. The topological polar surface area (TPSA) is 50.4 Å². The number of hydrogen-bond donors (Lipinski definition) is 2. The lowest BCUT2D eigenvalue weighted by Crippen LogP contribution is -2.35. The molecule has 0 bridgehead atoms. The zero-order valence-electron chi connectivity index (χ0n) is 14.9. The Morgan fingerprint density at radius 1 is 1.25 bits per heavy atom. The third-order valence-corrected chi connectivity index (χ3v) is 5.79. The molecule has 6 heteroatoms. The molecule has 2 rings (SSSR count). The van der Waals surface area contributed by atoms with Crippen molar-refractivity contribution in [3.63, 3.8) is 0 Å². The second-order valence-electron chi connectivity index (χ2n) is 6.25. The van der Waals surface area contributed by atoms with E-state index in [1.165, 1.54) is 29.7 Å². The molecule has 4 nitrogen and oxygen atoms in total. The third-order valence-electron chi connectivity index (χ3n) is 4.37. The Hall–Kier alpha value is -1.14. The van der Waals surface area contributed by atoms with Crippen LogP contribution in [0.3, 0.4) is 0 Å². The van der Waals surface area contributed by atoms with E-state index >= 15 is 0 Å². The molecule has 1 atom stereocenters. The Bertz CT molecular complexity index is 584. The number of carbonyl (C=O) groups excluding carboxylic acids is 1. The third kappa shape index (κ3) is 4.93. The standard InChI is InChI=1S/C18H28N2O2S2/c1-4-12(3)19-18(23)20-16-15(17(21)22-5-2)13-10-8-6-7-9-11-14(13)24-16/h12H,4-11H2,1-3H3,(H2,19,20,23). The fourth-order valence-electron chi connectivity index (χ4n) is 2.89. The second-order valence-corrected chi connectivity index (χ2v) is 7.76. The van der Waals surface area contributed by atoms with Gasteiger partial charge in [0.1, 0.15) is 5.00 Å². The van der Waals surface area contributed by atoms with Gasteiger partial charge in [-0.3, -0.25) is 0 Å². The van der Waals surface area contributed by atoms with Crippen molar-refractivity contribution in [1.29, 1.82) is 0 Å². The van der Waals surface area contributed by atoms with E-state index in [2.05, 4.69) is 24.5 Å². The quantitative estimate of drug-likeness (QED) is 0.584. The zero-order chi connectivity index (χ0) is 17.5. The Kier molecular flexibility index (Phi) is 7.49. The van der Waals surface area contributed by atoms with Gasteiger partial charge >= 0.3 is 5.97 Å². The van der Waals surface area contributed by atoms with Gasteiger partial charge in [-0.2, -0.15) is 0 Å². The van der Waals surface area contributed by atoms with Crippen LogP contribution in [0.4, 0.5) is 5.00 Å². The van der Waals surface area contributed by atoms with E-state index in [-0.39, 0.29) is 5.97 Å². The van der Waals surface area contributed by atoms with Crippen LogP contribution in [0.15, 0.2) is 0 Å². The maximum Gasteiger partial charge on any atom is 0.341 e. The van der Waals surface area contributed by atoms with Crippen LogP contribution in [0, 0.1) is 0 Å². The number of aryl methyl sites for hydroxylation is 1. The molecule has 0 fully saturated rings. The Morgan fingerprint density at radius 2 is 1.96 bits per heavy atom. The number of rotatable bonds is 5. The van der Waals surface area contributed by atoms with Gasteiger partial charge in [-0.15, -0.1) is 11.3 Å². The summed E-state index contributed by atoms with van der Waals surface area (Å²) in [6, 6.07) is 0.303. The van der Waals surface area contributed by atoms with Crippen LogP contribution in [-0.4, -0.2) is 23.7 Å². The number of ether oxygens (including phenoxy) is 1. The van der Waals surface area contributed by atoms with E-state index in [0.717, 1.165) is 30.7 Å². The second kappa shape index (κ2) is 9.37. The van der Waals surface area contributed by atoms with Crippen LogP contribution in [-0.2, 0) is 17.6 Å². The molecular formula is C18H28N2O2S2. The summed E-state index contributed by atoms with van der Waals surface area (Å²) in [6.07, 6.45) is 7.80. The maximum absolute atomic E-state index is 12.5. The molecule has 1 unspecified atom stereocenters. The molecule has 0 saturated heterocycles. The molecule has 2 N–H and O–H groups in total. The number of thiophene rings is 1. The van der Waals surface area contributed by atoms with E-state index in [1.807, 2.05) is 6.92 Å². The highest BCUT2D eigenvalue weighted by Gasteiger charge is 2.25. The van der Waals surface area contributed by atoms with Crippen LogP contribution >= 0.6 is 23.6 Å². The molecule has 134 valence electrons. The Balaban J connectivity index is 2.29. The number of thiocarbonyl (C=S) groups is 1. The highest BCUT2D eigenvalue weighted by Crippen LogP contribution is 2.37. The van der Waals surface area contributed by atoms with Crippen LogP contribution in [0.5, 0.6) is 0 Å². The fraction of sp³-hybridized carbons (Fsp3) is 0.667. The molecule has 24 heavy (non-hydrogen) atoms. The van der Waals surface area contributed by atoms with Gasteiger partial charge in [0, 0.05) is 10.9 Å². The number of carbonyl (C=O) groups is 1. The van der Waals surface area contributed by atoms with Crippen LogP contribution in [0.1, 0.15) is 73.7 Å². The summed E-state index contributed by atoms with van der Waals surface area (Å²) in [6.45, 7) is 6.43. The SMILES string of the molecule is CCOC(=O)c1c(NC(=S)NC(C)CC)sc2c1CCCCCC2. The van der Waals surface area contributed by atoms with E-state index in [4.69, 9.17) is 17.0 Å². The summed E-state index contributed by atoms with van der Waals surface area (Å²) in [4.78, 5) is 13.8. The normalized spacial score (nSPS) is 15.6. The van der Waals surface area contributed by atoms with Crippen molar-refractivity contribution in [3.8, 4) is 0 Å². The highest BCUT2D eigenvalue weighted by atomic mass is 32.1. The molecular weight excluding hydrogens is 340 g/mol. The Morgan fingerprint density at radius 3 is 2.62 bits per heavy atom. The van der Waals surface area contributed by atoms with Gasteiger partial charge in [0.2, 0.25) is 0 Å². The molecule has 1 aliphatic carbocycles. The van der Waals surface area contributed by atoms with Crippen molar-refractivity contribution in [3.05, 3.63) is 16.0 Å². The highest BCUT2D eigenvalue weighted by molar-refractivity contribution is 7.80. The van der Waals surface area contributed by atoms with Crippen molar-refractivity contribution in [2.45, 2.75) is 71.8 Å². The van der Waals surface area contributed by atoms with Crippen molar-refractivity contribution in [2.24, 2.45) is 0 Å². The fourth-order valence-corrected chi connectivity index (χ4v) is 4.54. The minimum Gasteiger partial charge on any atom is -0.462 e. The first kappa shape index (κ1) is 19.2. The average molecular weight is 369 g/mol. The minimum absolute atomic E-state index is 0.232. The smallest absolute Gasteiger partial charge is 0.341 e. The summed E-state index contributed by atoms with van der Waals surface area (Å²) in [5.74, 6) is -0.232. The van der Waals surface area contributed by atoms with Crippen LogP contribution in [0.2, 0.25) is 0 Å². The van der Waals surface area contributed by atoms with Gasteiger partial charge in [0.25, 0.3) is 0 Å². The van der Waals surface area contributed by atoms with Gasteiger partial charge in [-0.1, -0.05) is 19.8 Å². The molecule has 1 aromatic rings. The molecule has 0 aromatic carbocycles. The molecule has 1 aliphatic rings. The molecule has 1 heterocycles. The first-order valence-electron chi connectivity index (χ1n) is 8.95. The first-order chi connectivity index (χ1) is 11.6. The largest absolute Gasteiger partial charge is 0.462 e. The van der Waals surface area contributed by atoms with Crippen molar-refractivity contribution in [1.82, 2.24) is 5.32 Å². The minimum atomic E-state index is -0.232. The summed E-state index contributed by atoms with van der Waals surface area (Å²) in [5.41, 5.74) is 1.87. The van der Waals surface area contributed by atoms with Crippen molar-refractivity contribution < 1.29 is 9.53 Å². The summed E-state index contributed by atoms with van der Waals surface area (Å²) in [5, 5.41) is 7.91. The monoisotopic (exact) mass is 368 g/mol. The summed E-state index contributed by atoms with van der Waals surface area (Å²) < 4.78 is 5.31. The lowest BCUT2D eigenvalue weighted by Gasteiger charge is -2.15. The van der Waals surface area contributed by atoms with Gasteiger partial charge in [0.15, 0.2) is 5.11 Å². The predicted octanol–water partition coefficient (Wildman–Crippen LogP) is 4.67. The lowest BCUT2D eigenvalue weighted by molar-refractivity contribution is 0.0526. The molecule has 0 aliphatic heterocycles. The van der Waals surface area contributed by atoms with Gasteiger partial charge in [0.05, 0.1) is 12.2 Å². The van der Waals surface area contributed by atoms with Crippen LogP contribution in [0.25, 0.3) is 0 Å². The van der Waals surface area contributed by atoms with Crippen molar-refractivity contribution >= 4 is 39.6 Å². The van der Waals surface area contributed by atoms with E-state index in [1.54, 1.807) is 11.3 Å². The zero-order valence-corrected chi connectivity index (χ0v) is 16.5. The lowest BCUT2D eigenvalue weighted by atomic mass is 9.96. The number of esters is 1. The maximum atomic E-state index is 12.5. The number of nitrogens with one attached hydrogen (secondary N) is 2. The number of fused-ring (bicyclic) bond motifs is 1. The van der Waals surface area contributed by atoms with Gasteiger partial charge < -0.3 is 15.4 Å². The first-order valence-corrected chi connectivity index (χ1v) is 10.2. The average Bonchev–Trinajstić information content (AvgIpc) is 2.83. The number of hydrogen-bond acceptors (Lipinski definition) is 4. The predicted molar refractivity (Wildman–Crippen MR) is 105 cm³/mol. The van der Waals surface area contributed by atoms with Crippen LogP contribution < -0.4 is 10.6 Å². The van der Waals surface area contributed by atoms with E-state index < -0.39 is 0 Å². The van der Waals surface area contributed by atoms with Gasteiger partial charge in [-0.05, 0) is 63.7 Å². The Labute approximate surface area is 154 Å². The van der Waals surface area contributed by atoms with Crippen molar-refractivity contribution in [2.75, 3.05) is 11.9 Å². The molecule has 0 spiro atoms. The molecule has 0 amide bonds. The summed E-state index contributed by atoms with van der Waals surface area (Å²) >= 11 is 7.08. The van der Waals surface area contributed by atoms with E-state index in [0.29, 0.717) is 23.3 Å². The molecule has 0 saturated carbocycles. The van der Waals surface area contributed by atoms with Gasteiger partial charge in [-0.25, -0.2) is 4.79 Å². The van der Waals surface area contributed by atoms with E-state index in [9.17, 15) is 4.79 Å². The number of anilines is 1.